The molecular formula is C38H30N2O4S3. The second kappa shape index (κ2) is 10.6. The maximum atomic E-state index is 13.4. The van der Waals surface area contributed by atoms with Crippen LogP contribution in [0.2, 0.25) is 0 Å². The number of rotatable bonds is 4. The molecule has 0 atom stereocenters. The van der Waals surface area contributed by atoms with Crippen LogP contribution in [0.5, 0.6) is 0 Å². The van der Waals surface area contributed by atoms with Gasteiger partial charge in [-0.1, -0.05) is 48.5 Å². The predicted molar refractivity (Wildman–Crippen MR) is 189 cm³/mol. The third-order valence-electron chi connectivity index (χ3n) is 8.95. The van der Waals surface area contributed by atoms with Crippen LogP contribution >= 0.6 is 10.0 Å². The minimum Gasteiger partial charge on any atom is -0.308 e. The van der Waals surface area contributed by atoms with Crippen molar-refractivity contribution in [3.63, 3.8) is 0 Å². The first-order valence-corrected chi connectivity index (χ1v) is 20.4. The fourth-order valence-corrected chi connectivity index (χ4v) is 11.7. The monoisotopic (exact) mass is 674 g/mol. The summed E-state index contributed by atoms with van der Waals surface area (Å²) in [6.07, 6.45) is 4.51. The van der Waals surface area contributed by atoms with Gasteiger partial charge in [-0.2, -0.15) is 10.0 Å². The van der Waals surface area contributed by atoms with Crippen molar-refractivity contribution in [1.82, 2.24) is 0 Å². The predicted octanol–water partition coefficient (Wildman–Crippen LogP) is 9.40. The van der Waals surface area contributed by atoms with E-state index in [2.05, 4.69) is 61.0 Å². The Morgan fingerprint density at radius 1 is 0.383 bits per heavy atom. The van der Waals surface area contributed by atoms with Crippen LogP contribution in [-0.4, -0.2) is 29.3 Å². The normalized spacial score (nSPS) is 16.0. The van der Waals surface area contributed by atoms with Gasteiger partial charge in [-0.3, -0.25) is 0 Å². The van der Waals surface area contributed by atoms with E-state index in [0.717, 1.165) is 11.4 Å². The molecule has 2 aliphatic heterocycles. The van der Waals surface area contributed by atoms with Gasteiger partial charge in [0.15, 0.2) is 0 Å². The molecule has 0 fully saturated rings. The van der Waals surface area contributed by atoms with Crippen LogP contribution in [0.15, 0.2) is 175 Å². The smallest absolute Gasteiger partial charge is 0.210 e. The molecule has 0 bridgehead atoms. The van der Waals surface area contributed by atoms with Crippen molar-refractivity contribution in [3.05, 3.63) is 146 Å². The highest BCUT2D eigenvalue weighted by Gasteiger charge is 2.36. The van der Waals surface area contributed by atoms with E-state index in [-0.39, 0.29) is 0 Å². The van der Waals surface area contributed by atoms with Crippen LogP contribution in [-0.2, 0) is 19.7 Å². The van der Waals surface area contributed by atoms with Gasteiger partial charge >= 0.3 is 0 Å². The Morgan fingerprint density at radius 2 is 0.638 bits per heavy atom. The van der Waals surface area contributed by atoms with Gasteiger partial charge in [0.25, 0.3) is 0 Å². The maximum absolute atomic E-state index is 13.4. The number of para-hydroxylation sites is 4. The molecule has 0 saturated carbocycles. The Hall–Kier alpha value is -4.83. The lowest BCUT2D eigenvalue weighted by atomic mass is 10.2. The Bertz CT molecular complexity index is 2150. The van der Waals surface area contributed by atoms with Crippen molar-refractivity contribution in [2.45, 2.75) is 29.4 Å². The van der Waals surface area contributed by atoms with Crippen LogP contribution < -0.4 is 9.80 Å². The number of anilines is 6. The van der Waals surface area contributed by atoms with E-state index in [1.807, 2.05) is 58.3 Å². The number of hydrogen-bond acceptors (Lipinski definition) is 6. The molecule has 0 unspecified atom stereocenters. The standard InChI is InChI=1S/C38H30N2O4S3/c1-45(2,29-23-19-27(20-24-29)39-31-11-3-7-15-35(31)46(41,42)36-16-8-4-12-32(36)39)30-25-21-28(22-26-30)40-33-13-5-9-17-37(33)47(43,44)38-18-10-6-14-34(38)40/h3-26H,1-2H3. The summed E-state index contributed by atoms with van der Waals surface area (Å²) in [6, 6.07) is 45.3. The summed E-state index contributed by atoms with van der Waals surface area (Å²) in [7, 11) is -8.70. The number of fused-ring (bicyclic) bond motifs is 4. The zero-order valence-electron chi connectivity index (χ0n) is 25.6. The quantitative estimate of drug-likeness (QED) is 0.185. The first-order valence-electron chi connectivity index (χ1n) is 15.0. The maximum Gasteiger partial charge on any atom is 0.210 e. The summed E-state index contributed by atoms with van der Waals surface area (Å²) in [5.74, 6) is 0. The second-order valence-electron chi connectivity index (χ2n) is 11.9. The summed E-state index contributed by atoms with van der Waals surface area (Å²) in [5.41, 5.74) is 4.30. The first kappa shape index (κ1) is 29.6. The van der Waals surface area contributed by atoms with E-state index < -0.39 is 29.7 Å². The summed E-state index contributed by atoms with van der Waals surface area (Å²) in [4.78, 5) is 7.58. The first-order chi connectivity index (χ1) is 22.6. The molecule has 0 amide bonds. The van der Waals surface area contributed by atoms with Crippen molar-refractivity contribution in [2.75, 3.05) is 22.3 Å². The minimum atomic E-state index is -3.63. The average molecular weight is 675 g/mol. The second-order valence-corrected chi connectivity index (χ2v) is 19.2. The van der Waals surface area contributed by atoms with E-state index in [4.69, 9.17) is 0 Å². The Balaban J connectivity index is 1.15. The molecule has 0 spiro atoms. The van der Waals surface area contributed by atoms with Gasteiger partial charge < -0.3 is 9.80 Å². The lowest BCUT2D eigenvalue weighted by molar-refractivity contribution is 0.593. The number of benzene rings is 6. The molecule has 0 aromatic heterocycles. The van der Waals surface area contributed by atoms with Gasteiger partial charge in [0.2, 0.25) is 19.7 Å². The molecular weight excluding hydrogens is 645 g/mol. The van der Waals surface area contributed by atoms with Crippen LogP contribution in [0.25, 0.3) is 0 Å². The van der Waals surface area contributed by atoms with Crippen molar-refractivity contribution in [2.24, 2.45) is 0 Å². The molecule has 6 aromatic rings. The fraction of sp³-hybridized carbons (Fsp3) is 0.0526. The fourth-order valence-electron chi connectivity index (χ4n) is 6.54. The average Bonchev–Trinajstić information content (AvgIpc) is 3.09. The molecule has 6 nitrogen and oxygen atoms in total. The highest BCUT2D eigenvalue weighted by molar-refractivity contribution is 8.32. The summed E-state index contributed by atoms with van der Waals surface area (Å²) in [5, 5.41) is 0. The van der Waals surface area contributed by atoms with Gasteiger partial charge in [-0.25, -0.2) is 16.8 Å². The third-order valence-corrected chi connectivity index (χ3v) is 15.5. The molecule has 234 valence electrons. The van der Waals surface area contributed by atoms with E-state index in [1.165, 1.54) is 9.79 Å². The summed E-state index contributed by atoms with van der Waals surface area (Å²) >= 11 is 0. The molecule has 0 saturated heterocycles. The molecule has 0 N–H and O–H groups in total. The van der Waals surface area contributed by atoms with Crippen molar-refractivity contribution >= 4 is 63.8 Å². The van der Waals surface area contributed by atoms with Crippen LogP contribution in [0.1, 0.15) is 0 Å². The molecule has 9 heteroatoms. The van der Waals surface area contributed by atoms with E-state index in [0.29, 0.717) is 42.3 Å². The Labute approximate surface area is 276 Å². The SMILES string of the molecule is CS(C)(c1ccc(N2c3ccccc3S(=O)(=O)c3ccccc32)cc1)c1ccc(N2c3ccccc3S(=O)(=O)c3ccccc32)cc1. The minimum absolute atomic E-state index is 0.297. The van der Waals surface area contributed by atoms with Gasteiger partial charge in [-0.15, -0.1) is 0 Å². The molecule has 8 rings (SSSR count). The van der Waals surface area contributed by atoms with Crippen molar-refractivity contribution in [1.29, 1.82) is 0 Å². The number of nitrogens with zero attached hydrogens (tertiary/aromatic N) is 2. The topological polar surface area (TPSA) is 74.8 Å². The number of sulfone groups is 2. The molecule has 6 aromatic carbocycles. The van der Waals surface area contributed by atoms with Gasteiger partial charge in [0.05, 0.1) is 42.3 Å². The molecule has 47 heavy (non-hydrogen) atoms. The Morgan fingerprint density at radius 3 is 0.915 bits per heavy atom. The van der Waals surface area contributed by atoms with E-state index >= 15 is 0 Å². The van der Waals surface area contributed by atoms with E-state index in [9.17, 15) is 16.8 Å². The van der Waals surface area contributed by atoms with Gasteiger partial charge in [0, 0.05) is 11.4 Å². The van der Waals surface area contributed by atoms with E-state index in [1.54, 1.807) is 48.5 Å². The highest BCUT2D eigenvalue weighted by Crippen LogP contribution is 2.58. The van der Waals surface area contributed by atoms with Crippen LogP contribution in [0, 0.1) is 0 Å². The Kier molecular flexibility index (Phi) is 6.67. The zero-order valence-corrected chi connectivity index (χ0v) is 28.1. The highest BCUT2D eigenvalue weighted by atomic mass is 32.3. The van der Waals surface area contributed by atoms with Gasteiger partial charge in [0.1, 0.15) is 0 Å². The molecule has 0 aliphatic carbocycles. The summed E-state index contributed by atoms with van der Waals surface area (Å²) in [6.45, 7) is 0. The molecule has 2 aliphatic rings. The van der Waals surface area contributed by atoms with Crippen molar-refractivity contribution in [3.8, 4) is 0 Å². The van der Waals surface area contributed by atoms with Crippen LogP contribution in [0.4, 0.5) is 34.1 Å². The molecule has 2 heterocycles. The van der Waals surface area contributed by atoms with Crippen LogP contribution in [0.3, 0.4) is 0 Å². The third kappa shape index (κ3) is 4.45. The largest absolute Gasteiger partial charge is 0.308 e. The zero-order chi connectivity index (χ0) is 32.6. The van der Waals surface area contributed by atoms with Gasteiger partial charge in [-0.05, 0) is 119 Å². The lowest BCUT2D eigenvalue weighted by Crippen LogP contribution is -2.22. The number of hydrogen-bond donors (Lipinski definition) is 0. The molecule has 0 radical (unpaired) electrons. The lowest BCUT2D eigenvalue weighted by Gasteiger charge is -2.36. The van der Waals surface area contributed by atoms with Crippen molar-refractivity contribution < 1.29 is 16.8 Å². The summed E-state index contributed by atoms with van der Waals surface area (Å²) < 4.78 is 53.7.